The summed E-state index contributed by atoms with van der Waals surface area (Å²) in [4.78, 5) is 39.5. The summed E-state index contributed by atoms with van der Waals surface area (Å²) in [5, 5.41) is 3.93. The first kappa shape index (κ1) is 17.9. The van der Waals surface area contributed by atoms with Crippen molar-refractivity contribution in [1.82, 2.24) is 5.43 Å². The molecule has 0 aliphatic carbocycles. The lowest BCUT2D eigenvalue weighted by molar-refractivity contribution is -0.137. The molecule has 0 aromatic heterocycles. The molecule has 142 valence electrons. The van der Waals surface area contributed by atoms with Crippen LogP contribution < -0.4 is 10.3 Å². The molecular formula is C21H19N3O4. The van der Waals surface area contributed by atoms with E-state index in [2.05, 4.69) is 10.5 Å². The zero-order valence-corrected chi connectivity index (χ0v) is 15.3. The Morgan fingerprint density at radius 1 is 1.07 bits per heavy atom. The molecule has 2 aromatic rings. The van der Waals surface area contributed by atoms with E-state index >= 15 is 0 Å². The number of rotatable bonds is 5. The number of amides is 2. The van der Waals surface area contributed by atoms with Crippen molar-refractivity contribution in [3.05, 3.63) is 65.7 Å². The number of benzene rings is 2. The van der Waals surface area contributed by atoms with E-state index in [-0.39, 0.29) is 12.3 Å². The van der Waals surface area contributed by atoms with E-state index in [0.717, 1.165) is 16.0 Å². The predicted molar refractivity (Wildman–Crippen MR) is 102 cm³/mol. The molecule has 0 radical (unpaired) electrons. The molecule has 4 rings (SSSR count). The lowest BCUT2D eigenvalue weighted by atomic mass is 9.99. The number of aryl methyl sites for hydroxylation is 1. The van der Waals surface area contributed by atoms with Gasteiger partial charge in [0.1, 0.15) is 18.6 Å². The molecule has 1 N–H and O–H groups in total. The molecule has 2 aliphatic heterocycles. The summed E-state index contributed by atoms with van der Waals surface area (Å²) in [6.45, 7) is 2.03. The van der Waals surface area contributed by atoms with Crippen molar-refractivity contribution >= 4 is 29.2 Å². The van der Waals surface area contributed by atoms with Crippen LogP contribution in [0.25, 0.3) is 0 Å². The number of fused-ring (bicyclic) bond motifs is 1. The Morgan fingerprint density at radius 2 is 1.79 bits per heavy atom. The number of esters is 1. The van der Waals surface area contributed by atoms with Crippen LogP contribution in [0.2, 0.25) is 0 Å². The number of para-hydroxylation sites is 1. The fourth-order valence-corrected chi connectivity index (χ4v) is 3.52. The molecule has 1 saturated heterocycles. The molecule has 7 heteroatoms. The minimum atomic E-state index is -0.972. The van der Waals surface area contributed by atoms with Gasteiger partial charge in [0.2, 0.25) is 5.91 Å². The number of hydrazone groups is 1. The van der Waals surface area contributed by atoms with E-state index in [1.54, 1.807) is 12.1 Å². The predicted octanol–water partition coefficient (Wildman–Crippen LogP) is 1.81. The van der Waals surface area contributed by atoms with Crippen LogP contribution in [0.3, 0.4) is 0 Å². The summed E-state index contributed by atoms with van der Waals surface area (Å²) in [6.07, 6.45) is 0.677. The second kappa shape index (κ2) is 7.26. The monoisotopic (exact) mass is 377 g/mol. The first-order chi connectivity index (χ1) is 13.6. The fraction of sp³-hybridized carbons (Fsp3) is 0.238. The van der Waals surface area contributed by atoms with E-state index in [9.17, 15) is 14.4 Å². The van der Waals surface area contributed by atoms with Crippen LogP contribution in [-0.4, -0.2) is 29.5 Å². The molecule has 1 fully saturated rings. The maximum Gasteiger partial charge on any atom is 0.355 e. The van der Waals surface area contributed by atoms with Gasteiger partial charge in [-0.1, -0.05) is 55.5 Å². The Hall–Kier alpha value is -3.48. The van der Waals surface area contributed by atoms with Gasteiger partial charge in [-0.3, -0.25) is 15.0 Å². The molecule has 2 heterocycles. The molecule has 28 heavy (non-hydrogen) atoms. The van der Waals surface area contributed by atoms with Crippen LogP contribution in [0.1, 0.15) is 18.1 Å². The lowest BCUT2D eigenvalue weighted by Crippen LogP contribution is -2.36. The van der Waals surface area contributed by atoms with Crippen molar-refractivity contribution in [2.75, 3.05) is 4.90 Å². The summed E-state index contributed by atoms with van der Waals surface area (Å²) >= 11 is 0. The maximum absolute atomic E-state index is 13.0. The van der Waals surface area contributed by atoms with Gasteiger partial charge in [0.05, 0.1) is 5.69 Å². The number of ether oxygens (including phenoxy) is 1. The van der Waals surface area contributed by atoms with Crippen molar-refractivity contribution in [3.8, 4) is 0 Å². The molecular weight excluding hydrogens is 358 g/mol. The van der Waals surface area contributed by atoms with Crippen LogP contribution in [0, 0.1) is 5.92 Å². The summed E-state index contributed by atoms with van der Waals surface area (Å²) < 4.78 is 5.30. The Labute approximate surface area is 162 Å². The summed E-state index contributed by atoms with van der Waals surface area (Å²) in [7, 11) is 0. The average Bonchev–Trinajstić information content (AvgIpc) is 3.27. The Morgan fingerprint density at radius 3 is 2.54 bits per heavy atom. The van der Waals surface area contributed by atoms with Gasteiger partial charge < -0.3 is 4.74 Å². The second-order valence-corrected chi connectivity index (χ2v) is 6.64. The number of nitrogens with one attached hydrogen (secondary N) is 1. The second-order valence-electron chi connectivity index (χ2n) is 6.64. The van der Waals surface area contributed by atoms with Crippen LogP contribution in [-0.2, 0) is 32.1 Å². The van der Waals surface area contributed by atoms with E-state index in [1.165, 1.54) is 0 Å². The SMILES string of the molecule is CCc1ccccc1N1C(=O)C2NN=C(C(=O)OCc3ccccc3)C2C1=O. The summed E-state index contributed by atoms with van der Waals surface area (Å²) in [5.41, 5.74) is 4.84. The van der Waals surface area contributed by atoms with Gasteiger partial charge in [0.25, 0.3) is 5.91 Å². The fourth-order valence-electron chi connectivity index (χ4n) is 3.52. The van der Waals surface area contributed by atoms with Crippen LogP contribution in [0.4, 0.5) is 5.69 Å². The quantitative estimate of drug-likeness (QED) is 0.634. The van der Waals surface area contributed by atoms with E-state index in [0.29, 0.717) is 12.1 Å². The third-order valence-electron chi connectivity index (χ3n) is 4.96. The molecule has 2 unspecified atom stereocenters. The molecule has 2 aliphatic rings. The molecule has 2 atom stereocenters. The highest BCUT2D eigenvalue weighted by Crippen LogP contribution is 2.33. The highest BCUT2D eigenvalue weighted by Gasteiger charge is 2.56. The van der Waals surface area contributed by atoms with E-state index in [1.807, 2.05) is 49.4 Å². The number of carbonyl (C=O) groups excluding carboxylic acids is 3. The number of imide groups is 1. The van der Waals surface area contributed by atoms with Crippen molar-refractivity contribution in [1.29, 1.82) is 0 Å². The minimum absolute atomic E-state index is 0.0595. The number of anilines is 1. The first-order valence-corrected chi connectivity index (χ1v) is 9.11. The zero-order chi connectivity index (χ0) is 19.7. The largest absolute Gasteiger partial charge is 0.456 e. The van der Waals surface area contributed by atoms with Gasteiger partial charge in [-0.2, -0.15) is 5.10 Å². The standard InChI is InChI=1S/C21H19N3O4/c1-2-14-10-6-7-11-15(14)24-19(25)16-17(20(24)26)22-23-18(16)21(27)28-12-13-8-4-3-5-9-13/h3-11,16-17,22H,2,12H2,1H3. The number of nitrogens with zero attached hydrogens (tertiary/aromatic N) is 2. The molecule has 0 bridgehead atoms. The third-order valence-corrected chi connectivity index (χ3v) is 4.96. The van der Waals surface area contributed by atoms with Crippen molar-refractivity contribution in [2.45, 2.75) is 26.0 Å². The normalized spacial score (nSPS) is 20.6. The number of hydrogen-bond acceptors (Lipinski definition) is 6. The van der Waals surface area contributed by atoms with Crippen LogP contribution in [0.15, 0.2) is 59.7 Å². The van der Waals surface area contributed by atoms with Gasteiger partial charge >= 0.3 is 5.97 Å². The summed E-state index contributed by atoms with van der Waals surface area (Å²) in [6, 6.07) is 15.6. The Kier molecular flexibility index (Phi) is 4.65. The maximum atomic E-state index is 13.0. The molecule has 2 aromatic carbocycles. The molecule has 7 nitrogen and oxygen atoms in total. The molecule has 2 amide bonds. The van der Waals surface area contributed by atoms with Crippen molar-refractivity contribution < 1.29 is 19.1 Å². The van der Waals surface area contributed by atoms with Gasteiger partial charge in [-0.05, 0) is 23.6 Å². The zero-order valence-electron chi connectivity index (χ0n) is 15.3. The Bertz CT molecular complexity index is 971. The Balaban J connectivity index is 1.54. The minimum Gasteiger partial charge on any atom is -0.456 e. The first-order valence-electron chi connectivity index (χ1n) is 9.11. The van der Waals surface area contributed by atoms with Crippen LogP contribution in [0.5, 0.6) is 0 Å². The average molecular weight is 377 g/mol. The highest BCUT2D eigenvalue weighted by atomic mass is 16.5. The highest BCUT2D eigenvalue weighted by molar-refractivity contribution is 6.46. The van der Waals surface area contributed by atoms with Crippen molar-refractivity contribution in [3.63, 3.8) is 0 Å². The summed E-state index contributed by atoms with van der Waals surface area (Å²) in [5.74, 6) is -2.54. The van der Waals surface area contributed by atoms with Gasteiger partial charge in [0, 0.05) is 0 Å². The topological polar surface area (TPSA) is 88.1 Å². The molecule has 0 spiro atoms. The molecule has 0 saturated carbocycles. The van der Waals surface area contributed by atoms with Gasteiger partial charge in [0.15, 0.2) is 5.71 Å². The smallest absolute Gasteiger partial charge is 0.355 e. The van der Waals surface area contributed by atoms with Gasteiger partial charge in [-0.15, -0.1) is 0 Å². The van der Waals surface area contributed by atoms with E-state index in [4.69, 9.17) is 4.74 Å². The number of carbonyl (C=O) groups is 3. The lowest BCUT2D eigenvalue weighted by Gasteiger charge is -2.18. The third kappa shape index (κ3) is 2.94. The van der Waals surface area contributed by atoms with Crippen LogP contribution >= 0.6 is 0 Å². The van der Waals surface area contributed by atoms with E-state index < -0.39 is 29.7 Å². The number of hydrogen-bond donors (Lipinski definition) is 1. The van der Waals surface area contributed by atoms with Gasteiger partial charge in [-0.25, -0.2) is 9.69 Å². The van der Waals surface area contributed by atoms with Crippen molar-refractivity contribution in [2.24, 2.45) is 11.0 Å².